The molecule has 0 aliphatic heterocycles. The molecule has 0 saturated heterocycles. The number of halogens is 1. The van der Waals surface area contributed by atoms with Crippen LogP contribution in [0.1, 0.15) is 15.9 Å². The van der Waals surface area contributed by atoms with Gasteiger partial charge in [-0.25, -0.2) is 0 Å². The van der Waals surface area contributed by atoms with E-state index in [0.29, 0.717) is 18.7 Å². The van der Waals surface area contributed by atoms with Gasteiger partial charge in [0.2, 0.25) is 0 Å². The van der Waals surface area contributed by atoms with Crippen LogP contribution < -0.4 is 0 Å². The van der Waals surface area contributed by atoms with Crippen LogP contribution in [0.25, 0.3) is 0 Å². The van der Waals surface area contributed by atoms with Crippen molar-refractivity contribution in [2.75, 3.05) is 6.54 Å². The van der Waals surface area contributed by atoms with E-state index in [9.17, 15) is 4.79 Å². The van der Waals surface area contributed by atoms with Crippen molar-refractivity contribution >= 4 is 21.8 Å². The van der Waals surface area contributed by atoms with Gasteiger partial charge in [0, 0.05) is 23.1 Å². The van der Waals surface area contributed by atoms with Crippen LogP contribution in [-0.4, -0.2) is 17.4 Å². The number of carbonyl (C=O) groups excluding carboxylic acids is 1. The maximum absolute atomic E-state index is 12.5. The Morgan fingerprint density at radius 1 is 1.15 bits per heavy atom. The number of amides is 1. The molecule has 0 radical (unpaired) electrons. The van der Waals surface area contributed by atoms with Crippen LogP contribution in [0.5, 0.6) is 0 Å². The lowest BCUT2D eigenvalue weighted by Gasteiger charge is -2.21. The summed E-state index contributed by atoms with van der Waals surface area (Å²) in [5.41, 5.74) is 1.79. The van der Waals surface area contributed by atoms with E-state index in [1.54, 1.807) is 11.0 Å². The molecule has 0 fully saturated rings. The van der Waals surface area contributed by atoms with E-state index in [0.717, 1.165) is 10.0 Å². The number of benzene rings is 2. The van der Waals surface area contributed by atoms with Crippen LogP contribution in [0.3, 0.4) is 0 Å². The summed E-state index contributed by atoms with van der Waals surface area (Å²) >= 11 is 3.39. The Morgan fingerprint density at radius 2 is 1.90 bits per heavy atom. The van der Waals surface area contributed by atoms with Crippen LogP contribution in [0.15, 0.2) is 71.7 Å². The molecular formula is C17H16BrNO. The maximum Gasteiger partial charge on any atom is 0.254 e. The van der Waals surface area contributed by atoms with Gasteiger partial charge in [-0.1, -0.05) is 58.4 Å². The van der Waals surface area contributed by atoms with Gasteiger partial charge in [-0.05, 0) is 23.8 Å². The van der Waals surface area contributed by atoms with Crippen LogP contribution in [-0.2, 0) is 6.54 Å². The molecule has 0 saturated carbocycles. The molecule has 0 unspecified atom stereocenters. The van der Waals surface area contributed by atoms with Gasteiger partial charge in [-0.3, -0.25) is 4.79 Å². The van der Waals surface area contributed by atoms with Gasteiger partial charge in [0.15, 0.2) is 0 Å². The van der Waals surface area contributed by atoms with Gasteiger partial charge in [0.25, 0.3) is 5.91 Å². The predicted molar refractivity (Wildman–Crippen MR) is 85.5 cm³/mol. The average Bonchev–Trinajstić information content (AvgIpc) is 2.47. The molecule has 0 spiro atoms. The zero-order chi connectivity index (χ0) is 14.4. The first-order valence-corrected chi connectivity index (χ1v) is 7.19. The van der Waals surface area contributed by atoms with Crippen molar-refractivity contribution in [3.05, 3.63) is 82.9 Å². The summed E-state index contributed by atoms with van der Waals surface area (Å²) in [4.78, 5) is 14.3. The standard InChI is InChI=1S/C17H16BrNO/c1-2-11-19(13-14-7-4-3-5-8-14)17(20)15-9-6-10-16(18)12-15/h2-10,12H,1,11,13H2. The third kappa shape index (κ3) is 3.81. The number of hydrogen-bond acceptors (Lipinski definition) is 1. The predicted octanol–water partition coefficient (Wildman–Crippen LogP) is 4.28. The van der Waals surface area contributed by atoms with Crippen molar-refractivity contribution in [2.45, 2.75) is 6.54 Å². The van der Waals surface area contributed by atoms with Gasteiger partial charge >= 0.3 is 0 Å². The second-order valence-electron chi connectivity index (χ2n) is 4.47. The van der Waals surface area contributed by atoms with Gasteiger partial charge in [0.05, 0.1) is 0 Å². The van der Waals surface area contributed by atoms with Crippen LogP contribution in [0.4, 0.5) is 0 Å². The molecule has 0 atom stereocenters. The number of hydrogen-bond donors (Lipinski definition) is 0. The number of carbonyl (C=O) groups is 1. The minimum Gasteiger partial charge on any atom is -0.331 e. The Labute approximate surface area is 127 Å². The van der Waals surface area contributed by atoms with Crippen molar-refractivity contribution in [1.29, 1.82) is 0 Å². The van der Waals surface area contributed by atoms with E-state index in [2.05, 4.69) is 22.5 Å². The molecule has 0 bridgehead atoms. The molecule has 3 heteroatoms. The van der Waals surface area contributed by atoms with Crippen LogP contribution in [0, 0.1) is 0 Å². The molecule has 102 valence electrons. The molecule has 2 nitrogen and oxygen atoms in total. The third-order valence-electron chi connectivity index (χ3n) is 2.92. The first-order valence-electron chi connectivity index (χ1n) is 6.40. The Balaban J connectivity index is 2.20. The molecule has 2 aromatic carbocycles. The molecule has 20 heavy (non-hydrogen) atoms. The summed E-state index contributed by atoms with van der Waals surface area (Å²) in [6.07, 6.45) is 1.75. The summed E-state index contributed by atoms with van der Waals surface area (Å²) in [5, 5.41) is 0. The Kier molecular flexibility index (Phi) is 5.13. The summed E-state index contributed by atoms with van der Waals surface area (Å²) in [6, 6.07) is 17.4. The lowest BCUT2D eigenvalue weighted by atomic mass is 10.1. The largest absolute Gasteiger partial charge is 0.331 e. The van der Waals surface area contributed by atoms with Gasteiger partial charge in [-0.15, -0.1) is 6.58 Å². The fourth-order valence-electron chi connectivity index (χ4n) is 1.98. The topological polar surface area (TPSA) is 20.3 Å². The number of rotatable bonds is 5. The fourth-order valence-corrected chi connectivity index (χ4v) is 2.38. The first-order chi connectivity index (χ1) is 9.70. The van der Waals surface area contributed by atoms with Gasteiger partial charge in [0.1, 0.15) is 0 Å². The second kappa shape index (κ2) is 7.06. The fraction of sp³-hybridized carbons (Fsp3) is 0.118. The van der Waals surface area contributed by atoms with Crippen LogP contribution >= 0.6 is 15.9 Å². The van der Waals surface area contributed by atoms with E-state index < -0.39 is 0 Å². The monoisotopic (exact) mass is 329 g/mol. The molecule has 0 N–H and O–H groups in total. The van der Waals surface area contributed by atoms with Crippen molar-refractivity contribution in [1.82, 2.24) is 4.90 Å². The molecule has 1 amide bonds. The molecule has 2 aromatic rings. The van der Waals surface area contributed by atoms with Crippen molar-refractivity contribution in [3.63, 3.8) is 0 Å². The van der Waals surface area contributed by atoms with Gasteiger partial charge < -0.3 is 4.90 Å². The number of nitrogens with zero attached hydrogens (tertiary/aromatic N) is 1. The highest BCUT2D eigenvalue weighted by Gasteiger charge is 2.15. The molecular weight excluding hydrogens is 314 g/mol. The quantitative estimate of drug-likeness (QED) is 0.750. The third-order valence-corrected chi connectivity index (χ3v) is 3.42. The minimum atomic E-state index is 0.00931. The van der Waals surface area contributed by atoms with Crippen LogP contribution in [0.2, 0.25) is 0 Å². The highest BCUT2D eigenvalue weighted by Crippen LogP contribution is 2.15. The van der Waals surface area contributed by atoms with Crippen molar-refractivity contribution in [3.8, 4) is 0 Å². The van der Waals surface area contributed by atoms with E-state index in [-0.39, 0.29) is 5.91 Å². The van der Waals surface area contributed by atoms with E-state index >= 15 is 0 Å². The van der Waals surface area contributed by atoms with E-state index in [1.807, 2.05) is 54.6 Å². The molecule has 0 aliphatic carbocycles. The normalized spacial score (nSPS) is 10.1. The highest BCUT2D eigenvalue weighted by atomic mass is 79.9. The lowest BCUT2D eigenvalue weighted by molar-refractivity contribution is 0.0762. The van der Waals surface area contributed by atoms with Gasteiger partial charge in [-0.2, -0.15) is 0 Å². The van der Waals surface area contributed by atoms with E-state index in [1.165, 1.54) is 0 Å². The Morgan fingerprint density at radius 3 is 2.55 bits per heavy atom. The smallest absolute Gasteiger partial charge is 0.254 e. The summed E-state index contributed by atoms with van der Waals surface area (Å²) in [6.45, 7) is 4.84. The Bertz CT molecular complexity index is 595. The summed E-state index contributed by atoms with van der Waals surface area (Å²) in [7, 11) is 0. The Hall–Kier alpha value is -1.87. The maximum atomic E-state index is 12.5. The first kappa shape index (κ1) is 14.5. The zero-order valence-electron chi connectivity index (χ0n) is 11.1. The highest BCUT2D eigenvalue weighted by molar-refractivity contribution is 9.10. The summed E-state index contributed by atoms with van der Waals surface area (Å²) in [5.74, 6) is 0.00931. The molecule has 0 aromatic heterocycles. The minimum absolute atomic E-state index is 0.00931. The summed E-state index contributed by atoms with van der Waals surface area (Å²) < 4.78 is 0.904. The molecule has 2 rings (SSSR count). The second-order valence-corrected chi connectivity index (χ2v) is 5.39. The van der Waals surface area contributed by atoms with Crippen molar-refractivity contribution < 1.29 is 4.79 Å². The lowest BCUT2D eigenvalue weighted by Crippen LogP contribution is -2.30. The molecule has 0 heterocycles. The van der Waals surface area contributed by atoms with Crippen molar-refractivity contribution in [2.24, 2.45) is 0 Å². The SMILES string of the molecule is C=CCN(Cc1ccccc1)C(=O)c1cccc(Br)c1. The zero-order valence-corrected chi connectivity index (χ0v) is 12.7. The average molecular weight is 330 g/mol. The van der Waals surface area contributed by atoms with E-state index in [4.69, 9.17) is 0 Å². The molecule has 0 aliphatic rings.